The minimum Gasteiger partial charge on any atom is -0.357 e. The van der Waals surface area contributed by atoms with Gasteiger partial charge < -0.3 is 4.98 Å². The van der Waals surface area contributed by atoms with E-state index in [1.807, 2.05) is 0 Å². The van der Waals surface area contributed by atoms with E-state index in [0.29, 0.717) is 5.41 Å². The van der Waals surface area contributed by atoms with Gasteiger partial charge in [-0.1, -0.05) is 25.0 Å². The molecule has 1 heterocycles. The molecule has 4 rings (SSSR count). The van der Waals surface area contributed by atoms with Crippen LogP contribution in [0.15, 0.2) is 22.7 Å². The van der Waals surface area contributed by atoms with E-state index in [1.165, 1.54) is 66.0 Å². The van der Waals surface area contributed by atoms with Crippen LogP contribution in [0.1, 0.15) is 43.4 Å². The van der Waals surface area contributed by atoms with E-state index in [0.717, 1.165) is 0 Å². The molecule has 0 amide bonds. The van der Waals surface area contributed by atoms with E-state index in [4.69, 9.17) is 0 Å². The summed E-state index contributed by atoms with van der Waals surface area (Å²) in [6, 6.07) is 6.58. The second-order valence-electron chi connectivity index (χ2n) is 6.13. The Balaban J connectivity index is 1.87. The molecule has 1 fully saturated rings. The van der Waals surface area contributed by atoms with E-state index in [9.17, 15) is 0 Å². The monoisotopic (exact) mass is 303 g/mol. The molecule has 1 saturated carbocycles. The largest absolute Gasteiger partial charge is 0.357 e. The molecule has 2 aliphatic carbocycles. The van der Waals surface area contributed by atoms with Crippen molar-refractivity contribution in [1.29, 1.82) is 0 Å². The number of para-hydroxylation sites is 1. The number of hydrogen-bond donors (Lipinski definition) is 1. The smallest absolute Gasteiger partial charge is 0.0603 e. The van der Waals surface area contributed by atoms with Gasteiger partial charge in [0, 0.05) is 15.6 Å². The fourth-order valence-electron chi connectivity index (χ4n) is 4.11. The Hall–Kier alpha value is -0.760. The molecule has 94 valence electrons. The van der Waals surface area contributed by atoms with Crippen LogP contribution in [0.3, 0.4) is 0 Å². The van der Waals surface area contributed by atoms with Gasteiger partial charge in [0.2, 0.25) is 0 Å². The van der Waals surface area contributed by atoms with Crippen LogP contribution in [0.2, 0.25) is 0 Å². The minimum absolute atomic E-state index is 0.643. The van der Waals surface area contributed by atoms with Gasteiger partial charge in [-0.25, -0.2) is 0 Å². The van der Waals surface area contributed by atoms with Crippen molar-refractivity contribution in [2.75, 3.05) is 0 Å². The number of hydrogen-bond acceptors (Lipinski definition) is 0. The highest BCUT2D eigenvalue weighted by Crippen LogP contribution is 2.49. The van der Waals surface area contributed by atoms with E-state index in [2.05, 4.69) is 39.1 Å². The summed E-state index contributed by atoms with van der Waals surface area (Å²) in [6.07, 6.45) is 9.74. The third kappa shape index (κ3) is 1.51. The van der Waals surface area contributed by atoms with Crippen LogP contribution >= 0.6 is 15.9 Å². The van der Waals surface area contributed by atoms with Crippen LogP contribution in [0.5, 0.6) is 0 Å². The van der Waals surface area contributed by atoms with Gasteiger partial charge in [-0.15, -0.1) is 0 Å². The van der Waals surface area contributed by atoms with Gasteiger partial charge in [0.15, 0.2) is 0 Å². The normalized spacial score (nSPS) is 21.6. The van der Waals surface area contributed by atoms with E-state index >= 15 is 0 Å². The summed E-state index contributed by atoms with van der Waals surface area (Å²) in [6.45, 7) is 0. The van der Waals surface area contributed by atoms with Gasteiger partial charge in [-0.2, -0.15) is 0 Å². The second-order valence-corrected chi connectivity index (χ2v) is 6.98. The molecule has 0 saturated heterocycles. The molecule has 2 aliphatic rings. The summed E-state index contributed by atoms with van der Waals surface area (Å²) < 4.78 is 1.20. The van der Waals surface area contributed by atoms with Crippen LogP contribution < -0.4 is 0 Å². The Kier molecular flexibility index (Phi) is 2.38. The Bertz CT molecular complexity index is 605. The zero-order chi connectivity index (χ0) is 12.2. The van der Waals surface area contributed by atoms with Crippen molar-refractivity contribution in [2.45, 2.75) is 44.9 Å². The number of benzene rings is 1. The fraction of sp³-hybridized carbons (Fsp3) is 0.500. The molecule has 1 spiro atoms. The van der Waals surface area contributed by atoms with Gasteiger partial charge in [0.25, 0.3) is 0 Å². The molecule has 0 atom stereocenters. The van der Waals surface area contributed by atoms with Gasteiger partial charge in [0.05, 0.1) is 5.52 Å². The van der Waals surface area contributed by atoms with Crippen molar-refractivity contribution in [1.82, 2.24) is 4.98 Å². The Morgan fingerprint density at radius 3 is 2.78 bits per heavy atom. The number of aryl methyl sites for hydroxylation is 1. The zero-order valence-electron chi connectivity index (χ0n) is 10.6. The van der Waals surface area contributed by atoms with Gasteiger partial charge >= 0.3 is 0 Å². The molecule has 18 heavy (non-hydrogen) atoms. The van der Waals surface area contributed by atoms with Crippen LogP contribution in [-0.4, -0.2) is 4.98 Å². The second kappa shape index (κ2) is 3.86. The predicted octanol–water partition coefficient (Wildman–Crippen LogP) is 4.98. The summed E-state index contributed by atoms with van der Waals surface area (Å²) in [5.41, 5.74) is 5.05. The molecule has 1 aromatic heterocycles. The van der Waals surface area contributed by atoms with Crippen molar-refractivity contribution in [2.24, 2.45) is 5.41 Å². The van der Waals surface area contributed by atoms with Crippen molar-refractivity contribution in [3.63, 3.8) is 0 Å². The predicted molar refractivity (Wildman–Crippen MR) is 78.9 cm³/mol. The molecule has 0 bridgehead atoms. The molecular formula is C16H18BrN. The number of rotatable bonds is 0. The van der Waals surface area contributed by atoms with Crippen LogP contribution in [0, 0.1) is 5.41 Å². The van der Waals surface area contributed by atoms with Gasteiger partial charge in [-0.3, -0.25) is 0 Å². The molecule has 1 aromatic carbocycles. The molecule has 2 aromatic rings. The maximum Gasteiger partial charge on any atom is 0.0603 e. The summed E-state index contributed by atoms with van der Waals surface area (Å²) in [7, 11) is 0. The van der Waals surface area contributed by atoms with E-state index in [1.54, 1.807) is 5.56 Å². The lowest BCUT2D eigenvalue weighted by Gasteiger charge is -2.33. The SMILES string of the molecule is Brc1cccc2c3c([nH]c12)CCC1(CCCC1)C3. The highest BCUT2D eigenvalue weighted by atomic mass is 79.9. The summed E-state index contributed by atoms with van der Waals surface area (Å²) >= 11 is 3.67. The average Bonchev–Trinajstić information content (AvgIpc) is 2.96. The molecule has 0 radical (unpaired) electrons. The number of aromatic nitrogens is 1. The highest BCUT2D eigenvalue weighted by Gasteiger charge is 2.38. The first-order valence-electron chi connectivity index (χ1n) is 7.05. The molecule has 2 heteroatoms. The maximum absolute atomic E-state index is 3.67. The summed E-state index contributed by atoms with van der Waals surface area (Å²) in [4.78, 5) is 3.64. The van der Waals surface area contributed by atoms with Crippen molar-refractivity contribution in [3.05, 3.63) is 33.9 Å². The number of nitrogens with one attached hydrogen (secondary N) is 1. The molecular weight excluding hydrogens is 286 g/mol. The first-order valence-corrected chi connectivity index (χ1v) is 7.85. The summed E-state index contributed by atoms with van der Waals surface area (Å²) in [5.74, 6) is 0. The van der Waals surface area contributed by atoms with Gasteiger partial charge in [-0.05, 0) is 65.1 Å². The van der Waals surface area contributed by atoms with E-state index < -0.39 is 0 Å². The molecule has 1 N–H and O–H groups in total. The number of H-pyrrole nitrogens is 1. The first-order chi connectivity index (χ1) is 8.77. The molecule has 0 unspecified atom stereocenters. The topological polar surface area (TPSA) is 15.8 Å². The van der Waals surface area contributed by atoms with Crippen LogP contribution in [-0.2, 0) is 12.8 Å². The van der Waals surface area contributed by atoms with Crippen molar-refractivity contribution < 1.29 is 0 Å². The number of aromatic amines is 1. The van der Waals surface area contributed by atoms with Crippen LogP contribution in [0.4, 0.5) is 0 Å². The number of halogens is 1. The fourth-order valence-corrected chi connectivity index (χ4v) is 4.58. The quantitative estimate of drug-likeness (QED) is 0.706. The number of fused-ring (bicyclic) bond motifs is 3. The Morgan fingerprint density at radius 2 is 1.94 bits per heavy atom. The lowest BCUT2D eigenvalue weighted by atomic mass is 9.72. The first kappa shape index (κ1) is 11.1. The molecule has 1 nitrogen and oxygen atoms in total. The van der Waals surface area contributed by atoms with Gasteiger partial charge in [0.1, 0.15) is 0 Å². The van der Waals surface area contributed by atoms with E-state index in [-0.39, 0.29) is 0 Å². The highest BCUT2D eigenvalue weighted by molar-refractivity contribution is 9.10. The molecule has 0 aliphatic heterocycles. The Morgan fingerprint density at radius 1 is 1.11 bits per heavy atom. The van der Waals surface area contributed by atoms with Crippen molar-refractivity contribution in [3.8, 4) is 0 Å². The van der Waals surface area contributed by atoms with Crippen molar-refractivity contribution >= 4 is 26.8 Å². The third-order valence-electron chi connectivity index (χ3n) is 5.10. The summed E-state index contributed by atoms with van der Waals surface area (Å²) in [5, 5.41) is 1.45. The standard InChI is InChI=1S/C16H18BrN/c17-13-5-3-4-11-12-10-16(7-1-2-8-16)9-6-14(12)18-15(11)13/h3-5,18H,1-2,6-10H2. The minimum atomic E-state index is 0.643. The zero-order valence-corrected chi connectivity index (χ0v) is 12.1. The Labute approximate surface area is 116 Å². The average molecular weight is 304 g/mol. The van der Waals surface area contributed by atoms with Crippen LogP contribution in [0.25, 0.3) is 10.9 Å². The lowest BCUT2D eigenvalue weighted by molar-refractivity contribution is 0.255. The lowest BCUT2D eigenvalue weighted by Crippen LogP contribution is -2.25. The third-order valence-corrected chi connectivity index (χ3v) is 5.76. The maximum atomic E-state index is 3.67.